The Morgan fingerprint density at radius 2 is 2.06 bits per heavy atom. The highest BCUT2D eigenvalue weighted by Gasteiger charge is 2.22. The molecule has 1 aromatic carbocycles. The summed E-state index contributed by atoms with van der Waals surface area (Å²) in [6.45, 7) is 2.63. The number of nitrogens with one attached hydrogen (secondary N) is 1. The number of amides is 1. The van der Waals surface area contributed by atoms with Crippen LogP contribution in [0.3, 0.4) is 0 Å². The van der Waals surface area contributed by atoms with Gasteiger partial charge in [0.1, 0.15) is 0 Å². The van der Waals surface area contributed by atoms with Gasteiger partial charge in [-0.1, -0.05) is 42.0 Å². The summed E-state index contributed by atoms with van der Waals surface area (Å²) in [5.74, 6) is 0.00484. The van der Waals surface area contributed by atoms with Gasteiger partial charge in [-0.15, -0.1) is 0 Å². The van der Waals surface area contributed by atoms with Gasteiger partial charge in [-0.05, 0) is 18.9 Å². The van der Waals surface area contributed by atoms with Gasteiger partial charge in [0.2, 0.25) is 5.91 Å². The number of nitrogens with two attached hydrogens (primary N) is 1. The number of carbonyl (C=O) groups is 1. The van der Waals surface area contributed by atoms with Crippen molar-refractivity contribution in [2.24, 2.45) is 11.7 Å². The Hall–Kier alpha value is -1.61. The number of rotatable bonds is 3. The average Bonchev–Trinajstić information content (AvgIpc) is 2.75. The minimum absolute atomic E-state index is 0.0325. The SMILES string of the molecule is Cc1ccc(CNC(=O)C2C=CC(N)C2)cc1. The Bertz CT molecular complexity index is 422. The summed E-state index contributed by atoms with van der Waals surface area (Å²) >= 11 is 0. The summed E-state index contributed by atoms with van der Waals surface area (Å²) in [6.07, 6.45) is 4.52. The normalized spacial score (nSPS) is 22.7. The average molecular weight is 230 g/mol. The number of hydrogen-bond donors (Lipinski definition) is 2. The van der Waals surface area contributed by atoms with E-state index in [2.05, 4.69) is 5.32 Å². The van der Waals surface area contributed by atoms with Gasteiger partial charge in [-0.25, -0.2) is 0 Å². The zero-order valence-corrected chi connectivity index (χ0v) is 10.0. The molecule has 17 heavy (non-hydrogen) atoms. The van der Waals surface area contributed by atoms with E-state index in [1.807, 2.05) is 43.3 Å². The molecular weight excluding hydrogens is 212 g/mol. The third kappa shape index (κ3) is 3.17. The molecule has 0 bridgehead atoms. The highest BCUT2D eigenvalue weighted by atomic mass is 16.1. The van der Waals surface area contributed by atoms with Crippen LogP contribution in [0.15, 0.2) is 36.4 Å². The van der Waals surface area contributed by atoms with Gasteiger partial charge in [0.05, 0.1) is 5.92 Å². The molecule has 90 valence electrons. The van der Waals surface area contributed by atoms with Crippen LogP contribution in [0.25, 0.3) is 0 Å². The fraction of sp³-hybridized carbons (Fsp3) is 0.357. The molecule has 2 unspecified atom stereocenters. The molecule has 1 aliphatic carbocycles. The van der Waals surface area contributed by atoms with Crippen molar-refractivity contribution >= 4 is 5.91 Å². The third-order valence-electron chi connectivity index (χ3n) is 3.04. The fourth-order valence-corrected chi connectivity index (χ4v) is 1.95. The molecule has 0 heterocycles. The highest BCUT2D eigenvalue weighted by molar-refractivity contribution is 5.81. The predicted octanol–water partition coefficient (Wildman–Crippen LogP) is 1.51. The van der Waals surface area contributed by atoms with Gasteiger partial charge in [-0.2, -0.15) is 0 Å². The molecule has 2 atom stereocenters. The van der Waals surface area contributed by atoms with Gasteiger partial charge >= 0.3 is 0 Å². The Kier molecular flexibility index (Phi) is 3.59. The van der Waals surface area contributed by atoms with Crippen molar-refractivity contribution in [2.75, 3.05) is 0 Å². The van der Waals surface area contributed by atoms with E-state index in [0.717, 1.165) is 12.0 Å². The van der Waals surface area contributed by atoms with E-state index in [-0.39, 0.29) is 17.9 Å². The van der Waals surface area contributed by atoms with Crippen LogP contribution >= 0.6 is 0 Å². The van der Waals surface area contributed by atoms with E-state index in [0.29, 0.717) is 6.54 Å². The number of carbonyl (C=O) groups excluding carboxylic acids is 1. The second-order valence-corrected chi connectivity index (χ2v) is 4.59. The zero-order chi connectivity index (χ0) is 12.3. The standard InChI is InChI=1S/C14H18N2O/c1-10-2-4-11(5-3-10)9-16-14(17)12-6-7-13(15)8-12/h2-7,12-13H,8-9,15H2,1H3,(H,16,17). The van der Waals surface area contributed by atoms with Crippen LogP contribution in [-0.4, -0.2) is 11.9 Å². The molecule has 0 saturated carbocycles. The van der Waals surface area contributed by atoms with E-state index in [9.17, 15) is 4.79 Å². The van der Waals surface area contributed by atoms with Crippen LogP contribution < -0.4 is 11.1 Å². The molecular formula is C14H18N2O. The van der Waals surface area contributed by atoms with Crippen molar-refractivity contribution in [3.8, 4) is 0 Å². The van der Waals surface area contributed by atoms with Gasteiger partial charge in [0.25, 0.3) is 0 Å². The van der Waals surface area contributed by atoms with Crippen LogP contribution in [0.1, 0.15) is 17.5 Å². The molecule has 3 N–H and O–H groups in total. The van der Waals surface area contributed by atoms with E-state index in [4.69, 9.17) is 5.73 Å². The number of benzene rings is 1. The minimum Gasteiger partial charge on any atom is -0.352 e. The first-order chi connectivity index (χ1) is 8.15. The Morgan fingerprint density at radius 3 is 2.65 bits per heavy atom. The van der Waals surface area contributed by atoms with Crippen LogP contribution in [0, 0.1) is 12.8 Å². The number of hydrogen-bond acceptors (Lipinski definition) is 2. The van der Waals surface area contributed by atoms with Crippen molar-refractivity contribution in [3.63, 3.8) is 0 Å². The van der Waals surface area contributed by atoms with Crippen molar-refractivity contribution in [1.29, 1.82) is 0 Å². The maximum Gasteiger partial charge on any atom is 0.227 e. The van der Waals surface area contributed by atoms with Gasteiger partial charge in [0.15, 0.2) is 0 Å². The summed E-state index contributed by atoms with van der Waals surface area (Å²) in [5.41, 5.74) is 8.07. The summed E-state index contributed by atoms with van der Waals surface area (Å²) in [5, 5.41) is 2.94. The van der Waals surface area contributed by atoms with E-state index < -0.39 is 0 Å². The lowest BCUT2D eigenvalue weighted by atomic mass is 10.1. The van der Waals surface area contributed by atoms with Crippen LogP contribution in [0.2, 0.25) is 0 Å². The summed E-state index contributed by atoms with van der Waals surface area (Å²) < 4.78 is 0. The molecule has 0 fully saturated rings. The first-order valence-electron chi connectivity index (χ1n) is 5.92. The quantitative estimate of drug-likeness (QED) is 0.773. The van der Waals surface area contributed by atoms with Crippen LogP contribution in [-0.2, 0) is 11.3 Å². The fourth-order valence-electron chi connectivity index (χ4n) is 1.95. The maximum atomic E-state index is 11.8. The minimum atomic E-state index is -0.0598. The van der Waals surface area contributed by atoms with Crippen LogP contribution in [0.5, 0.6) is 0 Å². The smallest absolute Gasteiger partial charge is 0.227 e. The summed E-state index contributed by atoms with van der Waals surface area (Å²) in [7, 11) is 0. The second-order valence-electron chi connectivity index (χ2n) is 4.59. The Balaban J connectivity index is 1.84. The third-order valence-corrected chi connectivity index (χ3v) is 3.04. The lowest BCUT2D eigenvalue weighted by Gasteiger charge is -2.10. The molecule has 0 aromatic heterocycles. The van der Waals surface area contributed by atoms with Crippen LogP contribution in [0.4, 0.5) is 0 Å². The maximum absolute atomic E-state index is 11.8. The molecule has 0 aliphatic heterocycles. The van der Waals surface area contributed by atoms with E-state index in [1.165, 1.54) is 5.56 Å². The largest absolute Gasteiger partial charge is 0.352 e. The lowest BCUT2D eigenvalue weighted by Crippen LogP contribution is -2.30. The highest BCUT2D eigenvalue weighted by Crippen LogP contribution is 2.16. The Morgan fingerprint density at radius 1 is 1.35 bits per heavy atom. The Labute approximate surface area is 102 Å². The van der Waals surface area contributed by atoms with Crippen molar-refractivity contribution in [1.82, 2.24) is 5.32 Å². The van der Waals surface area contributed by atoms with Gasteiger partial charge < -0.3 is 11.1 Å². The molecule has 0 saturated heterocycles. The molecule has 0 radical (unpaired) electrons. The topological polar surface area (TPSA) is 55.1 Å². The van der Waals surface area contributed by atoms with Crippen molar-refractivity contribution in [2.45, 2.75) is 25.9 Å². The van der Waals surface area contributed by atoms with E-state index >= 15 is 0 Å². The summed E-state index contributed by atoms with van der Waals surface area (Å²) in [6, 6.07) is 8.20. The number of aryl methyl sites for hydroxylation is 1. The molecule has 2 rings (SSSR count). The molecule has 3 heteroatoms. The predicted molar refractivity (Wildman–Crippen MR) is 68.2 cm³/mol. The molecule has 0 spiro atoms. The monoisotopic (exact) mass is 230 g/mol. The van der Waals surface area contributed by atoms with Crippen molar-refractivity contribution in [3.05, 3.63) is 47.5 Å². The lowest BCUT2D eigenvalue weighted by molar-refractivity contribution is -0.123. The second kappa shape index (κ2) is 5.15. The van der Waals surface area contributed by atoms with Gasteiger partial charge in [0, 0.05) is 12.6 Å². The first-order valence-corrected chi connectivity index (χ1v) is 5.92. The van der Waals surface area contributed by atoms with E-state index in [1.54, 1.807) is 0 Å². The summed E-state index contributed by atoms with van der Waals surface area (Å²) in [4.78, 5) is 11.8. The zero-order valence-electron chi connectivity index (χ0n) is 10.0. The first kappa shape index (κ1) is 11.9. The molecule has 3 nitrogen and oxygen atoms in total. The molecule has 1 amide bonds. The molecule has 1 aliphatic rings. The molecule has 1 aromatic rings. The van der Waals surface area contributed by atoms with Gasteiger partial charge in [-0.3, -0.25) is 4.79 Å². The van der Waals surface area contributed by atoms with Crippen molar-refractivity contribution < 1.29 is 4.79 Å².